The lowest BCUT2D eigenvalue weighted by atomic mass is 10.0. The second-order valence-electron chi connectivity index (χ2n) is 5.43. The molecule has 1 fully saturated rings. The smallest absolute Gasteiger partial charge is 0.305 e. The van der Waals surface area contributed by atoms with Crippen LogP contribution in [0.3, 0.4) is 0 Å². The Kier molecular flexibility index (Phi) is 5.26. The van der Waals surface area contributed by atoms with Gasteiger partial charge in [0.25, 0.3) is 0 Å². The molecule has 1 amide bonds. The van der Waals surface area contributed by atoms with Crippen molar-refractivity contribution >= 4 is 5.91 Å². The van der Waals surface area contributed by atoms with Crippen molar-refractivity contribution in [1.29, 1.82) is 0 Å². The molecular formula is C13H23N5O2. The highest BCUT2D eigenvalue weighted by atomic mass is 16.3. The van der Waals surface area contributed by atoms with E-state index >= 15 is 0 Å². The third-order valence-electron chi connectivity index (χ3n) is 3.56. The Morgan fingerprint density at radius 3 is 2.15 bits per heavy atom. The molecule has 0 aliphatic carbocycles. The van der Waals surface area contributed by atoms with Gasteiger partial charge in [-0.2, -0.15) is 0 Å². The monoisotopic (exact) mass is 281 g/mol. The van der Waals surface area contributed by atoms with Crippen LogP contribution in [-0.2, 0) is 4.79 Å². The Labute approximate surface area is 119 Å². The Hall–Kier alpha value is -1.89. The van der Waals surface area contributed by atoms with Gasteiger partial charge in [-0.05, 0) is 32.9 Å². The Balaban J connectivity index is 2.64. The summed E-state index contributed by atoms with van der Waals surface area (Å²) in [4.78, 5) is 25.9. The lowest BCUT2D eigenvalue weighted by Crippen LogP contribution is -2.57. The summed E-state index contributed by atoms with van der Waals surface area (Å²) in [5.74, 6) is 0.00301. The van der Waals surface area contributed by atoms with Crippen LogP contribution in [0.1, 0.15) is 20.8 Å². The molecule has 1 aliphatic heterocycles. The molecule has 112 valence electrons. The van der Waals surface area contributed by atoms with Crippen LogP contribution in [0.5, 0.6) is 0 Å². The van der Waals surface area contributed by atoms with E-state index in [4.69, 9.17) is 11.5 Å². The van der Waals surface area contributed by atoms with Gasteiger partial charge in [0, 0.05) is 37.1 Å². The third kappa shape index (κ3) is 3.80. The minimum Gasteiger partial charge on any atom is -0.402 e. The highest BCUT2D eigenvalue weighted by molar-refractivity contribution is 5.86. The van der Waals surface area contributed by atoms with Crippen molar-refractivity contribution in [2.24, 2.45) is 16.6 Å². The number of nitrogens with zero attached hydrogens (tertiary/aromatic N) is 3. The van der Waals surface area contributed by atoms with Crippen LogP contribution >= 0.6 is 0 Å². The number of rotatable bonds is 4. The average Bonchev–Trinajstić information content (AvgIpc) is 2.43. The van der Waals surface area contributed by atoms with Crippen molar-refractivity contribution in [2.75, 3.05) is 26.2 Å². The molecule has 4 N–H and O–H groups in total. The van der Waals surface area contributed by atoms with E-state index in [0.717, 1.165) is 0 Å². The van der Waals surface area contributed by atoms with Gasteiger partial charge in [-0.3, -0.25) is 9.69 Å². The third-order valence-corrected chi connectivity index (χ3v) is 3.56. The minimum absolute atomic E-state index is 0.642. The molecule has 0 saturated carbocycles. The summed E-state index contributed by atoms with van der Waals surface area (Å²) in [6, 6.07) is 0. The predicted molar refractivity (Wildman–Crippen MR) is 78.2 cm³/mol. The second kappa shape index (κ2) is 6.51. The summed E-state index contributed by atoms with van der Waals surface area (Å²) in [5.41, 5.74) is 11.4. The van der Waals surface area contributed by atoms with Crippen LogP contribution in [0, 0.1) is 4.91 Å². The van der Waals surface area contributed by atoms with Gasteiger partial charge in [0.15, 0.2) is 0 Å². The molecule has 0 radical (unpaired) electrons. The van der Waals surface area contributed by atoms with Gasteiger partial charge in [-0.1, -0.05) is 0 Å². The number of nitroso groups, excluding NO2 is 1. The minimum atomic E-state index is -0.861. The van der Waals surface area contributed by atoms with E-state index in [9.17, 15) is 9.70 Å². The molecule has 0 unspecified atom stereocenters. The molecule has 1 rings (SSSR count). The van der Waals surface area contributed by atoms with Gasteiger partial charge < -0.3 is 16.4 Å². The molecule has 1 aliphatic rings. The molecule has 7 heteroatoms. The Morgan fingerprint density at radius 1 is 1.15 bits per heavy atom. The average molecular weight is 281 g/mol. The van der Waals surface area contributed by atoms with E-state index < -0.39 is 11.4 Å². The maximum atomic E-state index is 11.5. The van der Waals surface area contributed by atoms with E-state index in [2.05, 4.69) is 5.18 Å². The fourth-order valence-electron chi connectivity index (χ4n) is 2.09. The molecule has 0 spiro atoms. The fraction of sp³-hybridized carbons (Fsp3) is 0.615. The highest BCUT2D eigenvalue weighted by Crippen LogP contribution is 2.19. The van der Waals surface area contributed by atoms with Crippen molar-refractivity contribution in [1.82, 2.24) is 9.80 Å². The van der Waals surface area contributed by atoms with Crippen LogP contribution in [0.25, 0.3) is 0 Å². The van der Waals surface area contributed by atoms with E-state index in [0.29, 0.717) is 37.7 Å². The van der Waals surface area contributed by atoms with Crippen LogP contribution in [-0.4, -0.2) is 47.4 Å². The molecule has 0 atom stereocenters. The van der Waals surface area contributed by atoms with E-state index in [1.807, 2.05) is 9.80 Å². The van der Waals surface area contributed by atoms with Crippen molar-refractivity contribution in [3.63, 3.8) is 0 Å². The fourth-order valence-corrected chi connectivity index (χ4v) is 2.09. The summed E-state index contributed by atoms with van der Waals surface area (Å²) < 4.78 is 0. The number of carbonyl (C=O) groups is 1. The summed E-state index contributed by atoms with van der Waals surface area (Å²) in [6.45, 7) is 7.90. The molecule has 1 heterocycles. The van der Waals surface area contributed by atoms with E-state index in [-0.39, 0.29) is 0 Å². The highest BCUT2D eigenvalue weighted by Gasteiger charge is 2.37. The van der Waals surface area contributed by atoms with Gasteiger partial charge in [0.05, 0.1) is 5.82 Å². The molecule has 1 saturated heterocycles. The number of hydrogen-bond donors (Lipinski definition) is 2. The molecule has 0 bridgehead atoms. The maximum Gasteiger partial charge on any atom is 0.305 e. The number of amides is 1. The van der Waals surface area contributed by atoms with Gasteiger partial charge in [-0.25, -0.2) is 0 Å². The molecule has 7 nitrogen and oxygen atoms in total. The standard InChI is InChI=1S/C13H23N5O2/c1-10(14)4-5-11(15)17-6-8-18(9-7-17)13(2,3)12(19)16-20/h4-5H,6-9,14-15H2,1-3H3/b10-4-,11-5+. The van der Waals surface area contributed by atoms with Crippen LogP contribution in [0.15, 0.2) is 28.8 Å². The number of hydrogen-bond acceptors (Lipinski definition) is 6. The molecule has 0 aromatic rings. The van der Waals surface area contributed by atoms with Crippen LogP contribution in [0.4, 0.5) is 0 Å². The molecular weight excluding hydrogens is 258 g/mol. The van der Waals surface area contributed by atoms with Gasteiger partial charge in [0.2, 0.25) is 0 Å². The lowest BCUT2D eigenvalue weighted by Gasteiger charge is -2.42. The lowest BCUT2D eigenvalue weighted by molar-refractivity contribution is -0.129. The zero-order chi connectivity index (χ0) is 15.3. The van der Waals surface area contributed by atoms with Gasteiger partial charge >= 0.3 is 5.91 Å². The first-order valence-electron chi connectivity index (χ1n) is 6.56. The van der Waals surface area contributed by atoms with Crippen LogP contribution < -0.4 is 11.5 Å². The quantitative estimate of drug-likeness (QED) is 0.568. The number of carbonyl (C=O) groups excluding carboxylic acids is 1. The Bertz CT molecular complexity index is 430. The van der Waals surface area contributed by atoms with Crippen LogP contribution in [0.2, 0.25) is 0 Å². The zero-order valence-corrected chi connectivity index (χ0v) is 12.3. The maximum absolute atomic E-state index is 11.5. The Morgan fingerprint density at radius 2 is 1.70 bits per heavy atom. The van der Waals surface area contributed by atoms with Crippen molar-refractivity contribution in [2.45, 2.75) is 26.3 Å². The summed E-state index contributed by atoms with van der Waals surface area (Å²) in [5, 5.41) is 2.54. The van der Waals surface area contributed by atoms with E-state index in [1.54, 1.807) is 32.9 Å². The summed E-state index contributed by atoms with van der Waals surface area (Å²) in [6.07, 6.45) is 3.53. The van der Waals surface area contributed by atoms with Gasteiger partial charge in [0.1, 0.15) is 5.54 Å². The van der Waals surface area contributed by atoms with Crippen molar-refractivity contribution < 1.29 is 4.79 Å². The van der Waals surface area contributed by atoms with Gasteiger partial charge in [-0.15, -0.1) is 4.91 Å². The van der Waals surface area contributed by atoms with Crippen molar-refractivity contribution in [3.05, 3.63) is 28.6 Å². The summed E-state index contributed by atoms with van der Waals surface area (Å²) >= 11 is 0. The first-order chi connectivity index (χ1) is 9.28. The zero-order valence-electron chi connectivity index (χ0n) is 12.3. The second-order valence-corrected chi connectivity index (χ2v) is 5.43. The number of nitrogens with two attached hydrogens (primary N) is 2. The predicted octanol–water partition coefficient (Wildman–Crippen LogP) is 0.338. The SMILES string of the molecule is C/C(N)=C/C=C(\N)N1CCN(C(C)(C)C(=O)N=O)CC1. The molecule has 0 aromatic heterocycles. The normalized spacial score (nSPS) is 19.1. The number of piperazine rings is 1. The first-order valence-corrected chi connectivity index (χ1v) is 6.56. The summed E-state index contributed by atoms with van der Waals surface area (Å²) in [7, 11) is 0. The first kappa shape index (κ1) is 16.2. The number of allylic oxidation sites excluding steroid dienone is 3. The molecule has 0 aromatic carbocycles. The van der Waals surface area contributed by atoms with Crippen molar-refractivity contribution in [3.8, 4) is 0 Å². The topological polar surface area (TPSA) is 105 Å². The van der Waals surface area contributed by atoms with E-state index in [1.165, 1.54) is 0 Å². The molecule has 20 heavy (non-hydrogen) atoms. The largest absolute Gasteiger partial charge is 0.402 e.